The monoisotopic (exact) mass is 350 g/mol. The maximum Gasteiger partial charge on any atom is 0.0146 e. The van der Waals surface area contributed by atoms with Crippen molar-refractivity contribution < 1.29 is 21.1 Å². The van der Waals surface area contributed by atoms with E-state index in [9.17, 15) is 0 Å². The van der Waals surface area contributed by atoms with Gasteiger partial charge in [0, 0.05) is 26.9 Å². The van der Waals surface area contributed by atoms with Gasteiger partial charge in [-0.2, -0.15) is 5.50 Å². The van der Waals surface area contributed by atoms with Crippen molar-refractivity contribution in [2.45, 2.75) is 12.5 Å². The third-order valence-corrected chi connectivity index (χ3v) is 1.81. The number of rotatable bonds is 2. The van der Waals surface area contributed by atoms with Crippen LogP contribution < -0.4 is 11.5 Å². The van der Waals surface area contributed by atoms with E-state index >= 15 is 0 Å². The molecule has 0 bridgehead atoms. The van der Waals surface area contributed by atoms with Crippen molar-refractivity contribution in [1.82, 2.24) is 0 Å². The minimum absolute atomic E-state index is 0. The molecule has 0 amide bonds. The van der Waals surface area contributed by atoms with Gasteiger partial charge in [-0.15, -0.1) is 11.6 Å². The first-order valence-corrected chi connectivity index (χ1v) is 3.05. The van der Waals surface area contributed by atoms with E-state index in [4.69, 9.17) is 34.7 Å². The molecule has 0 aromatic rings. The van der Waals surface area contributed by atoms with E-state index in [1.165, 1.54) is 0 Å². The van der Waals surface area contributed by atoms with E-state index < -0.39 is 5.54 Å². The third kappa shape index (κ3) is 4.57. The average Bonchev–Trinajstić information content (AvgIpc) is 1.67. The first kappa shape index (κ1) is 12.8. The fraction of sp³-hybridized carbons (Fsp3) is 0.750. The van der Waals surface area contributed by atoms with Gasteiger partial charge in [0.25, 0.3) is 0 Å². The molecule has 0 radical (unpaired) electrons. The fourth-order valence-electron chi connectivity index (χ4n) is 0.0638. The molecule has 1 atom stereocenters. The number of alkyl halides is 1. The van der Waals surface area contributed by atoms with Gasteiger partial charge in [-0.25, -0.2) is 0 Å². The smallest absolute Gasteiger partial charge is 0.0146 e. The van der Waals surface area contributed by atoms with Crippen molar-refractivity contribution >= 4 is 23.2 Å². The summed E-state index contributed by atoms with van der Waals surface area (Å²) >= 11 is 10.7. The summed E-state index contributed by atoms with van der Waals surface area (Å²) < 4.78 is 0. The molecule has 2 nitrogen and oxygen atoms in total. The summed E-state index contributed by atoms with van der Waals surface area (Å²) in [5.41, 5.74) is 10.00. The molecule has 0 aromatic heterocycles. The zero-order valence-electron chi connectivity index (χ0n) is 4.93. The van der Waals surface area contributed by atoms with Gasteiger partial charge >= 0.3 is 0 Å². The summed E-state index contributed by atoms with van der Waals surface area (Å²) in [6.07, 6.45) is 0. The molecule has 0 aliphatic carbocycles. The van der Waals surface area contributed by atoms with Crippen LogP contribution in [0.2, 0.25) is 0 Å². The van der Waals surface area contributed by atoms with Crippen LogP contribution in [-0.2, 0) is 21.1 Å². The molecule has 0 saturated heterocycles. The molecule has 0 spiro atoms. The molecular weight excluding hydrogens is 342 g/mol. The van der Waals surface area contributed by atoms with Crippen LogP contribution in [0.1, 0.15) is 6.92 Å². The van der Waals surface area contributed by atoms with Crippen LogP contribution in [0.25, 0.3) is 0 Å². The second kappa shape index (κ2) is 4.92. The maximum atomic E-state index is 5.43. The first-order chi connectivity index (χ1) is 3.50. The minimum Gasteiger partial charge on any atom is -0.464 e. The van der Waals surface area contributed by atoms with E-state index in [1.807, 2.05) is 0 Å². The Balaban J connectivity index is 0. The molecule has 0 heterocycles. The molecule has 5 heteroatoms. The average molecular weight is 351 g/mol. The standard InChI is InChI=1S/C4H9Cl2N2.Pt/c1-4(8,2-5)3(6)7;/h2,7-8H2,1H3;/q-1;. The zero-order chi connectivity index (χ0) is 6.78. The van der Waals surface area contributed by atoms with Gasteiger partial charge in [0.05, 0.1) is 0 Å². The van der Waals surface area contributed by atoms with Gasteiger partial charge in [0.1, 0.15) is 0 Å². The van der Waals surface area contributed by atoms with Crippen LogP contribution in [0.3, 0.4) is 0 Å². The van der Waals surface area contributed by atoms with Gasteiger partial charge in [0.15, 0.2) is 0 Å². The largest absolute Gasteiger partial charge is 0.464 e. The van der Waals surface area contributed by atoms with Crippen molar-refractivity contribution in [3.63, 3.8) is 0 Å². The summed E-state index contributed by atoms with van der Waals surface area (Å²) in [6.45, 7) is 1.67. The van der Waals surface area contributed by atoms with Gasteiger partial charge in [-0.3, -0.25) is 0 Å². The van der Waals surface area contributed by atoms with Crippen molar-refractivity contribution in [2.24, 2.45) is 11.5 Å². The topological polar surface area (TPSA) is 52.0 Å². The van der Waals surface area contributed by atoms with Crippen molar-refractivity contribution in [2.75, 3.05) is 5.88 Å². The van der Waals surface area contributed by atoms with Crippen molar-refractivity contribution in [3.8, 4) is 0 Å². The van der Waals surface area contributed by atoms with Crippen LogP contribution in [-0.4, -0.2) is 11.4 Å². The summed E-state index contributed by atoms with van der Waals surface area (Å²) in [7, 11) is 0. The zero-order valence-corrected chi connectivity index (χ0v) is 8.72. The molecule has 0 rings (SSSR count). The molecule has 60 valence electrons. The predicted molar refractivity (Wildman–Crippen MR) is 36.6 cm³/mol. The second-order valence-corrected chi connectivity index (χ2v) is 2.57. The van der Waals surface area contributed by atoms with E-state index in [0.29, 0.717) is 0 Å². The Morgan fingerprint density at radius 3 is 2.00 bits per heavy atom. The van der Waals surface area contributed by atoms with E-state index in [1.54, 1.807) is 6.92 Å². The first-order valence-electron chi connectivity index (χ1n) is 2.14. The summed E-state index contributed by atoms with van der Waals surface area (Å²) in [6, 6.07) is 0. The van der Waals surface area contributed by atoms with Crippen molar-refractivity contribution in [1.29, 1.82) is 0 Å². The van der Waals surface area contributed by atoms with Gasteiger partial charge in [-0.05, 0) is 0 Å². The predicted octanol–water partition coefficient (Wildman–Crippen LogP) is 0.627. The molecule has 0 aromatic carbocycles. The van der Waals surface area contributed by atoms with Gasteiger partial charge in [-0.1, -0.05) is 12.5 Å². The SMILES string of the molecule is CC(N)(CCl)[C-](N)Cl.[Pt]. The van der Waals surface area contributed by atoms with Crippen molar-refractivity contribution in [3.05, 3.63) is 5.50 Å². The molecule has 0 aliphatic rings. The Morgan fingerprint density at radius 2 is 2.00 bits per heavy atom. The number of hydrogen-bond acceptors (Lipinski definition) is 2. The quantitative estimate of drug-likeness (QED) is 0.436. The van der Waals surface area contributed by atoms with Crippen LogP contribution in [0.5, 0.6) is 0 Å². The Hall–Kier alpha value is 1.19. The van der Waals surface area contributed by atoms with Crippen LogP contribution in [0, 0.1) is 5.50 Å². The molecule has 0 saturated carbocycles. The molecule has 1 unspecified atom stereocenters. The number of nitrogens with two attached hydrogens (primary N) is 2. The van der Waals surface area contributed by atoms with Gasteiger partial charge < -0.3 is 23.1 Å². The summed E-state index contributed by atoms with van der Waals surface area (Å²) in [5.74, 6) is 0.238. The van der Waals surface area contributed by atoms with Gasteiger partial charge in [0.2, 0.25) is 0 Å². The maximum absolute atomic E-state index is 5.43. The Bertz CT molecular complexity index is 77.0. The molecular formula is C4H9Cl2N2Pt-. The molecule has 0 fully saturated rings. The number of hydrogen-bond donors (Lipinski definition) is 2. The molecule has 9 heavy (non-hydrogen) atoms. The van der Waals surface area contributed by atoms with E-state index in [-0.39, 0.29) is 32.4 Å². The van der Waals surface area contributed by atoms with E-state index in [0.717, 1.165) is 0 Å². The van der Waals surface area contributed by atoms with Crippen LogP contribution >= 0.6 is 23.2 Å². The Kier molecular flexibility index (Phi) is 7.02. The molecule has 4 N–H and O–H groups in total. The minimum atomic E-state index is -0.733. The third-order valence-electron chi connectivity index (χ3n) is 0.823. The molecule has 0 aliphatic heterocycles. The fourth-order valence-corrected chi connectivity index (χ4v) is 0.343. The van der Waals surface area contributed by atoms with Crippen LogP contribution in [0.15, 0.2) is 0 Å². The van der Waals surface area contributed by atoms with Crippen LogP contribution in [0.4, 0.5) is 0 Å². The Labute approximate surface area is 79.5 Å². The normalized spacial score (nSPS) is 16.7. The number of halogens is 2. The summed E-state index contributed by atoms with van der Waals surface area (Å²) in [4.78, 5) is 0. The van der Waals surface area contributed by atoms with E-state index in [2.05, 4.69) is 0 Å². The Morgan fingerprint density at radius 1 is 1.67 bits per heavy atom. The second-order valence-electron chi connectivity index (χ2n) is 1.90. The summed E-state index contributed by atoms with van der Waals surface area (Å²) in [5, 5.41) is 0.